The third-order valence-electron chi connectivity index (χ3n) is 4.66. The van der Waals surface area contributed by atoms with Gasteiger partial charge in [0.1, 0.15) is 22.9 Å². The van der Waals surface area contributed by atoms with Crippen molar-refractivity contribution in [2.45, 2.75) is 44.3 Å². The van der Waals surface area contributed by atoms with Gasteiger partial charge in [0.2, 0.25) is 0 Å². The van der Waals surface area contributed by atoms with E-state index in [1.807, 2.05) is 20.0 Å². The number of aliphatic imine (C=N–C) groups is 1. The molecule has 2 amide bonds. The van der Waals surface area contributed by atoms with E-state index in [1.165, 1.54) is 0 Å². The van der Waals surface area contributed by atoms with Crippen molar-refractivity contribution in [2.75, 3.05) is 19.8 Å². The minimum Gasteiger partial charge on any atom is -0.381 e. The topological polar surface area (TPSA) is 90.7 Å². The Kier molecular flexibility index (Phi) is 4.85. The molecule has 0 saturated carbocycles. The van der Waals surface area contributed by atoms with Crippen LogP contribution in [0.4, 0.5) is 4.79 Å². The number of nitrogens with zero attached hydrogens (tertiary/aromatic N) is 4. The van der Waals surface area contributed by atoms with Crippen LogP contribution in [0, 0.1) is 0 Å². The lowest BCUT2D eigenvalue weighted by molar-refractivity contribution is 0.0822. The van der Waals surface area contributed by atoms with E-state index in [0.717, 1.165) is 37.6 Å². The van der Waals surface area contributed by atoms with Crippen LogP contribution >= 0.6 is 22.9 Å². The molecule has 1 atom stereocenters. The minimum atomic E-state index is -0.423. The second-order valence-corrected chi connectivity index (χ2v) is 6.83. The number of urea groups is 1. The first kappa shape index (κ1) is 16.6. The highest BCUT2D eigenvalue weighted by Crippen LogP contribution is 2.37. The highest BCUT2D eigenvalue weighted by atomic mass is 127. The number of ether oxygens (including phenoxy) is 1. The summed E-state index contributed by atoms with van der Waals surface area (Å²) < 4.78 is 8.94. The van der Waals surface area contributed by atoms with Gasteiger partial charge in [-0.25, -0.2) is 9.79 Å². The van der Waals surface area contributed by atoms with Gasteiger partial charge in [-0.3, -0.25) is 0 Å². The Morgan fingerprint density at radius 3 is 2.96 bits per heavy atom. The summed E-state index contributed by atoms with van der Waals surface area (Å²) in [5.74, 6) is 0.770. The van der Waals surface area contributed by atoms with Crippen molar-refractivity contribution in [3.63, 3.8) is 0 Å². The number of guanidine groups is 1. The van der Waals surface area contributed by atoms with Crippen molar-refractivity contribution in [1.29, 1.82) is 0 Å². The van der Waals surface area contributed by atoms with Crippen LogP contribution in [0.15, 0.2) is 25.2 Å². The molecule has 0 spiro atoms. The normalized spacial score (nSPS) is 27.3. The molecule has 2 saturated heterocycles. The SMILES string of the molecule is CC1(C)C2=CNC(NC3CCOCC3)=NC2CN1C(=O)N=NI. The molecule has 9 heteroatoms. The molecule has 0 radical (unpaired) electrons. The predicted molar refractivity (Wildman–Crippen MR) is 94.5 cm³/mol. The number of amides is 2. The van der Waals surface area contributed by atoms with Crippen LogP contribution in [0.25, 0.3) is 0 Å². The van der Waals surface area contributed by atoms with Crippen molar-refractivity contribution in [3.05, 3.63) is 11.8 Å². The highest BCUT2D eigenvalue weighted by molar-refractivity contribution is 14.1. The molecule has 3 rings (SSSR count). The van der Waals surface area contributed by atoms with Crippen LogP contribution in [-0.2, 0) is 4.74 Å². The summed E-state index contributed by atoms with van der Waals surface area (Å²) in [5.41, 5.74) is 0.667. The van der Waals surface area contributed by atoms with E-state index in [-0.39, 0.29) is 12.1 Å². The van der Waals surface area contributed by atoms with Gasteiger partial charge in [-0.15, -0.1) is 3.33 Å². The molecule has 0 aromatic carbocycles. The molecule has 23 heavy (non-hydrogen) atoms. The largest absolute Gasteiger partial charge is 0.381 e. The molecular formula is C14H21IN6O2. The van der Waals surface area contributed by atoms with Crippen molar-refractivity contribution < 1.29 is 9.53 Å². The number of nitrogens with one attached hydrogen (secondary N) is 2. The maximum absolute atomic E-state index is 12.1. The van der Waals surface area contributed by atoms with Crippen molar-refractivity contribution in [1.82, 2.24) is 15.5 Å². The highest BCUT2D eigenvalue weighted by Gasteiger charge is 2.47. The number of carbonyl (C=O) groups is 1. The molecule has 0 aliphatic carbocycles. The summed E-state index contributed by atoms with van der Waals surface area (Å²) in [6, 6.07) is 0.0145. The Morgan fingerprint density at radius 2 is 2.26 bits per heavy atom. The Morgan fingerprint density at radius 1 is 1.52 bits per heavy atom. The van der Waals surface area contributed by atoms with Crippen LogP contribution in [0.5, 0.6) is 0 Å². The molecule has 1 unspecified atom stereocenters. The van der Waals surface area contributed by atoms with Gasteiger partial charge < -0.3 is 20.3 Å². The Balaban J connectivity index is 1.71. The van der Waals surface area contributed by atoms with Gasteiger partial charge in [0, 0.05) is 32.0 Å². The molecule has 3 aliphatic rings. The van der Waals surface area contributed by atoms with E-state index in [9.17, 15) is 4.79 Å². The lowest BCUT2D eigenvalue weighted by atomic mass is 9.93. The molecule has 2 fully saturated rings. The van der Waals surface area contributed by atoms with Gasteiger partial charge in [0.15, 0.2) is 5.96 Å². The molecule has 0 bridgehead atoms. The second kappa shape index (κ2) is 6.71. The zero-order chi connectivity index (χ0) is 16.4. The number of halogens is 1. The van der Waals surface area contributed by atoms with Gasteiger partial charge in [-0.1, -0.05) is 5.11 Å². The van der Waals surface area contributed by atoms with Gasteiger partial charge >= 0.3 is 6.03 Å². The smallest absolute Gasteiger partial charge is 0.363 e. The number of fused-ring (bicyclic) bond motifs is 1. The van der Waals surface area contributed by atoms with Crippen LogP contribution in [-0.4, -0.2) is 54.3 Å². The monoisotopic (exact) mass is 432 g/mol. The first-order valence-corrected chi connectivity index (χ1v) is 8.71. The van der Waals surface area contributed by atoms with Gasteiger partial charge in [0.25, 0.3) is 0 Å². The molecule has 0 aromatic rings. The fraction of sp³-hybridized carbons (Fsp3) is 0.714. The van der Waals surface area contributed by atoms with E-state index < -0.39 is 5.54 Å². The van der Waals surface area contributed by atoms with E-state index in [0.29, 0.717) is 12.6 Å². The molecule has 3 heterocycles. The molecular weight excluding hydrogens is 411 g/mol. The van der Waals surface area contributed by atoms with Crippen LogP contribution in [0.3, 0.4) is 0 Å². The van der Waals surface area contributed by atoms with Crippen LogP contribution < -0.4 is 10.6 Å². The van der Waals surface area contributed by atoms with E-state index in [2.05, 4.69) is 19.1 Å². The summed E-state index contributed by atoms with van der Waals surface area (Å²) >= 11 is 1.71. The van der Waals surface area contributed by atoms with Crippen molar-refractivity contribution in [3.8, 4) is 0 Å². The zero-order valence-electron chi connectivity index (χ0n) is 13.3. The summed E-state index contributed by atoms with van der Waals surface area (Å²) in [6.45, 7) is 6.10. The number of hydrogen-bond acceptors (Lipinski definition) is 6. The summed E-state index contributed by atoms with van der Waals surface area (Å²) in [7, 11) is 0. The Labute approximate surface area is 149 Å². The zero-order valence-corrected chi connectivity index (χ0v) is 15.4. The first-order chi connectivity index (χ1) is 11.0. The summed E-state index contributed by atoms with van der Waals surface area (Å²) in [4.78, 5) is 18.6. The Hall–Kier alpha value is -1.23. The van der Waals surface area contributed by atoms with Crippen LogP contribution in [0.1, 0.15) is 26.7 Å². The van der Waals surface area contributed by atoms with E-state index in [1.54, 1.807) is 27.8 Å². The molecule has 3 aliphatic heterocycles. The average molecular weight is 432 g/mol. The first-order valence-electron chi connectivity index (χ1n) is 7.75. The van der Waals surface area contributed by atoms with Crippen molar-refractivity contribution >= 4 is 34.9 Å². The van der Waals surface area contributed by atoms with E-state index in [4.69, 9.17) is 9.73 Å². The standard InChI is InChI=1S/C14H21IN6O2/c1-14(2)10-7-16-12(17-9-3-5-23-6-4-9)18-11(10)8-21(14)13(22)19-20-15/h7,9,11H,3-6,8H2,1-2H3,(H2,16,17,18). The van der Waals surface area contributed by atoms with E-state index >= 15 is 0 Å². The maximum Gasteiger partial charge on any atom is 0.363 e. The molecule has 2 N–H and O–H groups in total. The molecule has 126 valence electrons. The molecule has 8 nitrogen and oxygen atoms in total. The minimum absolute atomic E-state index is 0.0399. The quantitative estimate of drug-likeness (QED) is 0.490. The lowest BCUT2D eigenvalue weighted by Crippen LogP contribution is -2.47. The number of carbonyl (C=O) groups excluding carboxylic acids is 1. The number of rotatable bonds is 1. The predicted octanol–water partition coefficient (Wildman–Crippen LogP) is 1.98. The van der Waals surface area contributed by atoms with Gasteiger partial charge in [0.05, 0.1) is 11.6 Å². The van der Waals surface area contributed by atoms with Crippen LogP contribution in [0.2, 0.25) is 0 Å². The van der Waals surface area contributed by atoms with Gasteiger partial charge in [-0.2, -0.15) is 0 Å². The van der Waals surface area contributed by atoms with Crippen molar-refractivity contribution in [2.24, 2.45) is 13.4 Å². The maximum atomic E-state index is 12.1. The fourth-order valence-corrected chi connectivity index (χ4v) is 3.49. The second-order valence-electron chi connectivity index (χ2n) is 6.40. The lowest BCUT2D eigenvalue weighted by Gasteiger charge is -2.31. The fourth-order valence-electron chi connectivity index (χ4n) is 3.30. The number of hydrogen-bond donors (Lipinski definition) is 2. The summed E-state index contributed by atoms with van der Waals surface area (Å²) in [6.07, 6.45) is 3.93. The van der Waals surface area contributed by atoms with Gasteiger partial charge in [-0.05, 0) is 32.3 Å². The Bertz CT molecular complexity index is 568. The summed E-state index contributed by atoms with van der Waals surface area (Å²) in [5, 5.41) is 10.3. The average Bonchev–Trinajstić information content (AvgIpc) is 2.79. The molecule has 0 aromatic heterocycles. The third-order valence-corrected chi connectivity index (χ3v) is 4.88. The number of likely N-dealkylation sites (tertiary alicyclic amines) is 1. The third kappa shape index (κ3) is 3.35.